The van der Waals surface area contributed by atoms with Gasteiger partial charge in [0.1, 0.15) is 18.7 Å². The smallest absolute Gasteiger partial charge is 0.251 e. The van der Waals surface area contributed by atoms with E-state index in [0.29, 0.717) is 18.5 Å². The fraction of sp³-hybridized carbons (Fsp3) is 0.600. The van der Waals surface area contributed by atoms with Gasteiger partial charge in [-0.2, -0.15) is 0 Å². The van der Waals surface area contributed by atoms with Gasteiger partial charge in [0.2, 0.25) is 5.91 Å². The normalized spacial score (nSPS) is 24.3. The molecule has 3 aliphatic rings. The van der Waals surface area contributed by atoms with Crippen LogP contribution in [0.25, 0.3) is 11.3 Å². The van der Waals surface area contributed by atoms with Crippen LogP contribution >= 0.6 is 11.3 Å². The zero-order chi connectivity index (χ0) is 28.6. The minimum atomic E-state index is -0.735. The van der Waals surface area contributed by atoms with Crippen molar-refractivity contribution in [1.29, 1.82) is 0 Å². The van der Waals surface area contributed by atoms with Crippen molar-refractivity contribution in [2.24, 2.45) is 11.3 Å². The summed E-state index contributed by atoms with van der Waals surface area (Å²) in [4.78, 5) is 50.9. The number of thiazole rings is 1. The highest BCUT2D eigenvalue weighted by Crippen LogP contribution is 2.35. The molecule has 4 heterocycles. The van der Waals surface area contributed by atoms with Crippen LogP contribution in [0.2, 0.25) is 0 Å². The third-order valence-electron chi connectivity index (χ3n) is 8.23. The van der Waals surface area contributed by atoms with Gasteiger partial charge >= 0.3 is 0 Å². The van der Waals surface area contributed by atoms with Gasteiger partial charge < -0.3 is 24.8 Å². The number of likely N-dealkylation sites (tertiary alicyclic amines) is 1. The molecule has 4 atom stereocenters. The number of ether oxygens (including phenoxy) is 1. The molecule has 0 aliphatic carbocycles. The summed E-state index contributed by atoms with van der Waals surface area (Å²) in [7, 11) is 2.14. The van der Waals surface area contributed by atoms with Crippen molar-refractivity contribution in [2.45, 2.75) is 58.7 Å². The number of anilines is 1. The van der Waals surface area contributed by atoms with Crippen molar-refractivity contribution in [2.75, 3.05) is 51.3 Å². The molecular weight excluding hydrogens is 526 g/mol. The Morgan fingerprint density at radius 2 is 1.85 bits per heavy atom. The summed E-state index contributed by atoms with van der Waals surface area (Å²) in [5, 5.41) is 6.08. The largest absolute Gasteiger partial charge is 0.367 e. The van der Waals surface area contributed by atoms with Gasteiger partial charge in [0.15, 0.2) is 10.9 Å². The number of hydrogen-bond acceptors (Lipinski definition) is 8. The monoisotopic (exact) mass is 567 g/mol. The Kier molecular flexibility index (Phi) is 8.31. The van der Waals surface area contributed by atoms with Crippen LogP contribution in [0, 0.1) is 11.3 Å². The lowest BCUT2D eigenvalue weighted by atomic mass is 9.87. The second-order valence-electron chi connectivity index (χ2n) is 12.5. The molecule has 0 bridgehead atoms. The summed E-state index contributed by atoms with van der Waals surface area (Å²) in [5.74, 6) is -0.434. The molecule has 2 amide bonds. The number of nitrogens with zero attached hydrogens (tertiary/aromatic N) is 4. The quantitative estimate of drug-likeness (QED) is 0.549. The van der Waals surface area contributed by atoms with E-state index < -0.39 is 12.1 Å². The second kappa shape index (κ2) is 11.6. The average Bonchev–Trinajstić information content (AvgIpc) is 3.65. The summed E-state index contributed by atoms with van der Waals surface area (Å²) in [5.41, 5.74) is 2.12. The van der Waals surface area contributed by atoms with Gasteiger partial charge in [-0.25, -0.2) is 4.98 Å². The summed E-state index contributed by atoms with van der Waals surface area (Å²) in [6, 6.07) is 6.09. The van der Waals surface area contributed by atoms with Crippen LogP contribution in [-0.4, -0.2) is 96.9 Å². The highest BCUT2D eigenvalue weighted by Gasteiger charge is 2.52. The van der Waals surface area contributed by atoms with Gasteiger partial charge in [-0.1, -0.05) is 39.8 Å². The Balaban J connectivity index is 1.28. The standard InChI is InChI=1S/C30H41N5O4S/c1-6-19-16-35(25-24(36)17-39-26(19)25)28(38)22(15-30(2,3)4)31-27(37)21-9-7-20(8-10-21)23-18-40-29(32-23)34-13-11-33(5)12-14-34/h7-10,18-19,22,25-26H,6,11-17H2,1-5H3,(H,31,37)/t19-,22?,25-,26-/m1/s1. The number of benzene rings is 1. The predicted molar refractivity (Wildman–Crippen MR) is 157 cm³/mol. The number of fused-ring (bicyclic) bond motifs is 1. The van der Waals surface area contributed by atoms with Crippen LogP contribution in [-0.2, 0) is 14.3 Å². The molecule has 5 rings (SSSR count). The SMILES string of the molecule is CC[C@@H]1CN(C(=O)C(CC(C)(C)C)NC(=O)c2ccc(-c3csc(N4CCN(C)CC4)n3)cc2)[C@@H]2C(=O)CO[C@H]12. The Hall–Kier alpha value is -2.82. The third-order valence-corrected chi connectivity index (χ3v) is 9.13. The van der Waals surface area contributed by atoms with E-state index in [9.17, 15) is 14.4 Å². The molecule has 1 N–H and O–H groups in total. The number of nitrogens with one attached hydrogen (secondary N) is 1. The minimum Gasteiger partial charge on any atom is -0.367 e. The van der Waals surface area contributed by atoms with Crippen molar-refractivity contribution < 1.29 is 19.1 Å². The number of carbonyl (C=O) groups excluding carboxylic acids is 3. The van der Waals surface area contributed by atoms with Gasteiger partial charge in [-0.05, 0) is 37.4 Å². The molecule has 1 aromatic heterocycles. The van der Waals surface area contributed by atoms with E-state index in [1.807, 2.05) is 32.9 Å². The number of aromatic nitrogens is 1. The van der Waals surface area contributed by atoms with E-state index >= 15 is 0 Å². The molecule has 10 heteroatoms. The molecule has 0 radical (unpaired) electrons. The fourth-order valence-corrected chi connectivity index (χ4v) is 6.82. The highest BCUT2D eigenvalue weighted by atomic mass is 32.1. The number of piperazine rings is 1. The topological polar surface area (TPSA) is 95.1 Å². The molecule has 3 aliphatic heterocycles. The first-order chi connectivity index (χ1) is 19.0. The van der Waals surface area contributed by atoms with E-state index in [0.717, 1.165) is 49.0 Å². The number of likely N-dealkylation sites (N-methyl/N-ethyl adjacent to an activating group) is 1. The third kappa shape index (κ3) is 6.09. The van der Waals surface area contributed by atoms with Crippen LogP contribution in [0.1, 0.15) is 50.9 Å². The molecule has 40 heavy (non-hydrogen) atoms. The van der Waals surface area contributed by atoms with E-state index in [4.69, 9.17) is 9.72 Å². The Labute approximate surface area is 240 Å². The minimum absolute atomic E-state index is 0.0497. The zero-order valence-corrected chi connectivity index (χ0v) is 25.0. The van der Waals surface area contributed by atoms with Crippen LogP contribution in [0.3, 0.4) is 0 Å². The van der Waals surface area contributed by atoms with Crippen molar-refractivity contribution in [1.82, 2.24) is 20.1 Å². The summed E-state index contributed by atoms with van der Waals surface area (Å²) >= 11 is 1.64. The molecule has 216 valence electrons. The Bertz CT molecular complexity index is 1230. The van der Waals surface area contributed by atoms with Crippen molar-refractivity contribution in [3.8, 4) is 11.3 Å². The first-order valence-corrected chi connectivity index (χ1v) is 15.2. The molecule has 0 saturated carbocycles. The lowest BCUT2D eigenvalue weighted by molar-refractivity contribution is -0.138. The number of rotatable bonds is 7. The Morgan fingerprint density at radius 1 is 1.15 bits per heavy atom. The Morgan fingerprint density at radius 3 is 2.50 bits per heavy atom. The number of ketones is 1. The van der Waals surface area contributed by atoms with E-state index in [-0.39, 0.29) is 41.6 Å². The van der Waals surface area contributed by atoms with Crippen LogP contribution in [0.5, 0.6) is 0 Å². The van der Waals surface area contributed by atoms with Crippen molar-refractivity contribution >= 4 is 34.1 Å². The number of carbonyl (C=O) groups is 3. The number of Topliss-reactive ketones (excluding diaryl/α,β-unsaturated/α-hetero) is 1. The summed E-state index contributed by atoms with van der Waals surface area (Å²) in [6.07, 6.45) is 1.04. The summed E-state index contributed by atoms with van der Waals surface area (Å²) in [6.45, 7) is 12.7. The van der Waals surface area contributed by atoms with E-state index in [1.54, 1.807) is 28.4 Å². The van der Waals surface area contributed by atoms with Gasteiger partial charge in [-0.3, -0.25) is 14.4 Å². The van der Waals surface area contributed by atoms with Crippen LogP contribution in [0.15, 0.2) is 29.6 Å². The first-order valence-electron chi connectivity index (χ1n) is 14.3. The molecule has 1 aromatic carbocycles. The summed E-state index contributed by atoms with van der Waals surface area (Å²) < 4.78 is 5.75. The lowest BCUT2D eigenvalue weighted by Gasteiger charge is -2.32. The van der Waals surface area contributed by atoms with Crippen LogP contribution < -0.4 is 10.2 Å². The highest BCUT2D eigenvalue weighted by molar-refractivity contribution is 7.14. The fourth-order valence-electron chi connectivity index (χ4n) is 5.93. The molecule has 0 spiro atoms. The lowest BCUT2D eigenvalue weighted by Crippen LogP contribution is -2.53. The molecule has 2 aromatic rings. The number of amides is 2. The van der Waals surface area contributed by atoms with Gasteiger partial charge in [-0.15, -0.1) is 11.3 Å². The van der Waals surface area contributed by atoms with Crippen molar-refractivity contribution in [3.05, 3.63) is 35.2 Å². The maximum absolute atomic E-state index is 13.8. The van der Waals surface area contributed by atoms with Crippen LogP contribution in [0.4, 0.5) is 5.13 Å². The van der Waals surface area contributed by atoms with Gasteiger partial charge in [0, 0.05) is 55.1 Å². The maximum Gasteiger partial charge on any atom is 0.251 e. The number of hydrogen-bond donors (Lipinski definition) is 1. The molecule has 3 fully saturated rings. The molecule has 9 nitrogen and oxygen atoms in total. The average molecular weight is 568 g/mol. The molecule has 3 saturated heterocycles. The van der Waals surface area contributed by atoms with Gasteiger partial charge in [0.25, 0.3) is 5.91 Å². The second-order valence-corrected chi connectivity index (χ2v) is 13.4. The predicted octanol–water partition coefficient (Wildman–Crippen LogP) is 3.30. The molecular formula is C30H41N5O4S. The van der Waals surface area contributed by atoms with Crippen molar-refractivity contribution in [3.63, 3.8) is 0 Å². The first kappa shape index (κ1) is 28.7. The van der Waals surface area contributed by atoms with E-state index in [2.05, 4.69) is 34.5 Å². The van der Waals surface area contributed by atoms with Gasteiger partial charge in [0.05, 0.1) is 11.8 Å². The molecule has 1 unspecified atom stereocenters. The maximum atomic E-state index is 13.8. The van der Waals surface area contributed by atoms with E-state index in [1.165, 1.54) is 0 Å². The zero-order valence-electron chi connectivity index (χ0n) is 24.2.